The number of aromatic carboxylic acids is 1. The molecule has 9 heteroatoms. The number of hydrogen-bond acceptors (Lipinski definition) is 5. The summed E-state index contributed by atoms with van der Waals surface area (Å²) in [4.78, 5) is 13.4. The SMILES string of the molecule is CCCCN(CC)c1ccc(C(=O)O)cc1NS(=O)(=O)c1ccc(Br)s1. The Balaban J connectivity index is 2.46. The van der Waals surface area contributed by atoms with Crippen LogP contribution in [0.15, 0.2) is 38.3 Å². The maximum atomic E-state index is 12.7. The molecule has 0 spiro atoms. The average Bonchev–Trinajstić information content (AvgIpc) is 3.03. The van der Waals surface area contributed by atoms with Crippen LogP contribution in [0.2, 0.25) is 0 Å². The van der Waals surface area contributed by atoms with E-state index in [-0.39, 0.29) is 15.5 Å². The summed E-state index contributed by atoms with van der Waals surface area (Å²) in [5, 5.41) is 9.26. The van der Waals surface area contributed by atoms with E-state index in [1.807, 2.05) is 11.8 Å². The third-order valence-electron chi connectivity index (χ3n) is 3.81. The molecule has 0 saturated heterocycles. The molecular weight excluding hydrogens is 440 g/mol. The molecule has 0 aliphatic rings. The van der Waals surface area contributed by atoms with E-state index in [1.165, 1.54) is 18.2 Å². The highest BCUT2D eigenvalue weighted by Gasteiger charge is 2.21. The van der Waals surface area contributed by atoms with Gasteiger partial charge in [0, 0.05) is 13.1 Å². The van der Waals surface area contributed by atoms with Crippen molar-refractivity contribution in [3.8, 4) is 0 Å². The van der Waals surface area contributed by atoms with Crippen LogP contribution in [0.3, 0.4) is 0 Å². The van der Waals surface area contributed by atoms with Crippen LogP contribution in [-0.2, 0) is 10.0 Å². The molecule has 1 heterocycles. The van der Waals surface area contributed by atoms with Crippen molar-refractivity contribution in [2.24, 2.45) is 0 Å². The molecule has 1 aromatic carbocycles. The van der Waals surface area contributed by atoms with E-state index in [4.69, 9.17) is 0 Å². The summed E-state index contributed by atoms with van der Waals surface area (Å²) >= 11 is 4.35. The summed E-state index contributed by atoms with van der Waals surface area (Å²) in [5.41, 5.74) is 0.975. The fraction of sp³-hybridized carbons (Fsp3) is 0.353. The molecule has 26 heavy (non-hydrogen) atoms. The van der Waals surface area contributed by atoms with Crippen molar-refractivity contribution in [3.05, 3.63) is 39.7 Å². The molecule has 0 radical (unpaired) electrons. The van der Waals surface area contributed by atoms with E-state index in [2.05, 4.69) is 27.6 Å². The Kier molecular flexibility index (Phi) is 7.08. The first-order chi connectivity index (χ1) is 12.3. The zero-order valence-corrected chi connectivity index (χ0v) is 17.7. The number of halogens is 1. The molecule has 6 nitrogen and oxygen atoms in total. The molecule has 0 amide bonds. The van der Waals surface area contributed by atoms with Gasteiger partial charge in [0.2, 0.25) is 0 Å². The number of hydrogen-bond donors (Lipinski definition) is 2. The van der Waals surface area contributed by atoms with Gasteiger partial charge in [0.05, 0.1) is 20.7 Å². The number of unbranched alkanes of at least 4 members (excludes halogenated alkanes) is 1. The number of nitrogens with one attached hydrogen (secondary N) is 1. The predicted molar refractivity (Wildman–Crippen MR) is 109 cm³/mol. The van der Waals surface area contributed by atoms with Gasteiger partial charge in [-0.1, -0.05) is 13.3 Å². The lowest BCUT2D eigenvalue weighted by molar-refractivity contribution is 0.0697. The number of nitrogens with zero attached hydrogens (tertiary/aromatic N) is 1. The Morgan fingerprint density at radius 2 is 2.00 bits per heavy atom. The number of carboxylic acid groups (broad SMARTS) is 1. The second-order valence-electron chi connectivity index (χ2n) is 5.63. The van der Waals surface area contributed by atoms with Crippen molar-refractivity contribution in [1.29, 1.82) is 0 Å². The molecule has 0 unspecified atom stereocenters. The van der Waals surface area contributed by atoms with Gasteiger partial charge in [-0.25, -0.2) is 13.2 Å². The van der Waals surface area contributed by atoms with Crippen molar-refractivity contribution in [2.75, 3.05) is 22.7 Å². The monoisotopic (exact) mass is 460 g/mol. The van der Waals surface area contributed by atoms with Crippen molar-refractivity contribution in [3.63, 3.8) is 0 Å². The lowest BCUT2D eigenvalue weighted by Crippen LogP contribution is -2.26. The van der Waals surface area contributed by atoms with Crippen molar-refractivity contribution in [1.82, 2.24) is 0 Å². The van der Waals surface area contributed by atoms with E-state index in [0.717, 1.165) is 30.7 Å². The highest BCUT2D eigenvalue weighted by Crippen LogP contribution is 2.32. The van der Waals surface area contributed by atoms with Crippen LogP contribution in [0.4, 0.5) is 11.4 Å². The molecule has 2 rings (SSSR count). The van der Waals surface area contributed by atoms with Gasteiger partial charge < -0.3 is 10.0 Å². The van der Waals surface area contributed by atoms with E-state index in [0.29, 0.717) is 16.0 Å². The molecule has 0 saturated carbocycles. The Morgan fingerprint density at radius 1 is 1.27 bits per heavy atom. The predicted octanol–water partition coefficient (Wildman–Crippen LogP) is 4.64. The zero-order valence-electron chi connectivity index (χ0n) is 14.5. The Hall–Kier alpha value is -1.58. The second-order valence-corrected chi connectivity index (χ2v) is 10.0. The normalized spacial score (nSPS) is 11.3. The standard InChI is InChI=1S/C17H21BrN2O4S2/c1-3-5-10-20(4-2)14-7-6-12(17(21)22)11-13(14)19-26(23,24)16-9-8-15(18)25-16/h6-9,11,19H,3-5,10H2,1-2H3,(H,21,22). The summed E-state index contributed by atoms with van der Waals surface area (Å²) in [6, 6.07) is 7.68. The lowest BCUT2D eigenvalue weighted by Gasteiger charge is -2.26. The minimum atomic E-state index is -3.80. The third-order valence-corrected chi connectivity index (χ3v) is 7.29. The lowest BCUT2D eigenvalue weighted by atomic mass is 10.1. The molecule has 1 aromatic heterocycles. The van der Waals surface area contributed by atoms with Gasteiger partial charge in [0.1, 0.15) is 4.21 Å². The van der Waals surface area contributed by atoms with Crippen molar-refractivity contribution < 1.29 is 18.3 Å². The van der Waals surface area contributed by atoms with Crippen LogP contribution < -0.4 is 9.62 Å². The first-order valence-electron chi connectivity index (χ1n) is 8.19. The summed E-state index contributed by atoms with van der Waals surface area (Å²) in [6.07, 6.45) is 1.96. The van der Waals surface area contributed by atoms with Crippen molar-refractivity contribution >= 4 is 54.6 Å². The van der Waals surface area contributed by atoms with Crippen LogP contribution in [0.5, 0.6) is 0 Å². The first kappa shape index (κ1) is 20.7. The van der Waals surface area contributed by atoms with Crippen molar-refractivity contribution in [2.45, 2.75) is 30.9 Å². The smallest absolute Gasteiger partial charge is 0.335 e. The number of sulfonamides is 1. The van der Waals surface area contributed by atoms with Gasteiger partial charge in [-0.15, -0.1) is 11.3 Å². The minimum Gasteiger partial charge on any atom is -0.478 e. The van der Waals surface area contributed by atoms with Crippen LogP contribution in [0.25, 0.3) is 0 Å². The van der Waals surface area contributed by atoms with Gasteiger partial charge in [0.15, 0.2) is 0 Å². The highest BCUT2D eigenvalue weighted by atomic mass is 79.9. The van der Waals surface area contributed by atoms with E-state index < -0.39 is 16.0 Å². The van der Waals surface area contributed by atoms with Gasteiger partial charge in [-0.05, 0) is 59.6 Å². The molecule has 0 aliphatic heterocycles. The van der Waals surface area contributed by atoms with E-state index in [1.54, 1.807) is 12.1 Å². The number of anilines is 2. The quantitative estimate of drug-likeness (QED) is 0.569. The maximum Gasteiger partial charge on any atom is 0.335 e. The first-order valence-corrected chi connectivity index (χ1v) is 11.3. The Labute approximate surface area is 166 Å². The molecule has 0 aliphatic carbocycles. The molecule has 0 atom stereocenters. The number of carboxylic acids is 1. The summed E-state index contributed by atoms with van der Waals surface area (Å²) < 4.78 is 28.8. The average molecular weight is 461 g/mol. The largest absolute Gasteiger partial charge is 0.478 e. The van der Waals surface area contributed by atoms with E-state index >= 15 is 0 Å². The van der Waals surface area contributed by atoms with Crippen LogP contribution >= 0.6 is 27.3 Å². The zero-order chi connectivity index (χ0) is 19.3. The number of benzene rings is 1. The van der Waals surface area contributed by atoms with Gasteiger partial charge in [-0.3, -0.25) is 4.72 Å². The number of carbonyl (C=O) groups is 1. The van der Waals surface area contributed by atoms with Gasteiger partial charge in [0.25, 0.3) is 10.0 Å². The Bertz CT molecular complexity index is 881. The van der Waals surface area contributed by atoms with Gasteiger partial charge >= 0.3 is 5.97 Å². The van der Waals surface area contributed by atoms with Crippen LogP contribution in [-0.4, -0.2) is 32.6 Å². The molecule has 2 aromatic rings. The summed E-state index contributed by atoms with van der Waals surface area (Å²) in [5.74, 6) is -1.10. The molecule has 0 fully saturated rings. The topological polar surface area (TPSA) is 86.7 Å². The fourth-order valence-corrected chi connectivity index (χ4v) is 5.54. The molecule has 142 valence electrons. The summed E-state index contributed by atoms with van der Waals surface area (Å²) in [7, 11) is -3.80. The van der Waals surface area contributed by atoms with E-state index in [9.17, 15) is 18.3 Å². The Morgan fingerprint density at radius 3 is 2.54 bits per heavy atom. The summed E-state index contributed by atoms with van der Waals surface area (Å²) in [6.45, 7) is 5.51. The second kappa shape index (κ2) is 8.88. The van der Waals surface area contributed by atoms with Gasteiger partial charge in [-0.2, -0.15) is 0 Å². The molecule has 2 N–H and O–H groups in total. The maximum absolute atomic E-state index is 12.7. The third kappa shape index (κ3) is 4.99. The molecule has 0 bridgehead atoms. The molecular formula is C17H21BrN2O4S2. The number of thiophene rings is 1. The fourth-order valence-electron chi connectivity index (χ4n) is 2.46. The number of rotatable bonds is 9. The highest BCUT2D eigenvalue weighted by molar-refractivity contribution is 9.11. The van der Waals surface area contributed by atoms with Crippen LogP contribution in [0.1, 0.15) is 37.0 Å². The minimum absolute atomic E-state index is 0.0327. The van der Waals surface area contributed by atoms with Crippen LogP contribution in [0, 0.1) is 0 Å².